The lowest BCUT2D eigenvalue weighted by Gasteiger charge is -2.29. The summed E-state index contributed by atoms with van der Waals surface area (Å²) in [5.74, 6) is 1.27. The third kappa shape index (κ3) is 6.24. The number of rotatable bonds is 10. The number of benzene rings is 2. The topological polar surface area (TPSA) is 67.9 Å². The van der Waals surface area contributed by atoms with Gasteiger partial charge in [0.25, 0.3) is 5.91 Å². The van der Waals surface area contributed by atoms with Crippen LogP contribution in [0.3, 0.4) is 0 Å². The third-order valence-electron chi connectivity index (χ3n) is 4.92. The highest BCUT2D eigenvalue weighted by molar-refractivity contribution is 5.87. The molecule has 0 spiro atoms. The molecule has 30 heavy (non-hydrogen) atoms. The van der Waals surface area contributed by atoms with Gasteiger partial charge in [0.15, 0.2) is 6.61 Å². The van der Waals surface area contributed by atoms with Crippen molar-refractivity contribution in [1.82, 2.24) is 10.2 Å². The van der Waals surface area contributed by atoms with Gasteiger partial charge < -0.3 is 19.7 Å². The van der Waals surface area contributed by atoms with E-state index in [1.807, 2.05) is 55.5 Å². The van der Waals surface area contributed by atoms with E-state index in [4.69, 9.17) is 9.47 Å². The van der Waals surface area contributed by atoms with E-state index in [2.05, 4.69) is 19.2 Å². The molecule has 0 aliphatic carbocycles. The van der Waals surface area contributed by atoms with Crippen LogP contribution in [0, 0.1) is 0 Å². The number of carbonyl (C=O) groups is 2. The largest absolute Gasteiger partial charge is 0.497 e. The van der Waals surface area contributed by atoms with Gasteiger partial charge >= 0.3 is 0 Å². The molecule has 0 aliphatic rings. The molecular weight excluding hydrogens is 380 g/mol. The molecule has 6 heteroatoms. The van der Waals surface area contributed by atoms with Crippen molar-refractivity contribution in [3.63, 3.8) is 0 Å². The van der Waals surface area contributed by atoms with Gasteiger partial charge in [-0.2, -0.15) is 0 Å². The lowest BCUT2D eigenvalue weighted by Crippen LogP contribution is -2.49. The van der Waals surface area contributed by atoms with E-state index < -0.39 is 6.04 Å². The van der Waals surface area contributed by atoms with Crippen LogP contribution in [-0.2, 0) is 16.1 Å². The highest BCUT2D eigenvalue weighted by Crippen LogP contribution is 2.26. The number of nitrogens with zero attached hydrogens (tertiary/aromatic N) is 1. The van der Waals surface area contributed by atoms with Gasteiger partial charge in [0.2, 0.25) is 5.91 Å². The third-order valence-corrected chi connectivity index (χ3v) is 4.92. The van der Waals surface area contributed by atoms with Crippen LogP contribution < -0.4 is 14.8 Å². The molecule has 0 heterocycles. The average molecular weight is 413 g/mol. The van der Waals surface area contributed by atoms with E-state index in [9.17, 15) is 9.59 Å². The summed E-state index contributed by atoms with van der Waals surface area (Å²) in [7, 11) is 1.61. The predicted molar refractivity (Wildman–Crippen MR) is 118 cm³/mol. The Bertz CT molecular complexity index is 833. The second-order valence-electron chi connectivity index (χ2n) is 7.42. The highest BCUT2D eigenvalue weighted by Gasteiger charge is 2.26. The number of amides is 2. The summed E-state index contributed by atoms with van der Waals surface area (Å²) >= 11 is 0. The van der Waals surface area contributed by atoms with E-state index in [1.165, 1.54) is 0 Å². The van der Waals surface area contributed by atoms with Crippen molar-refractivity contribution in [2.75, 3.05) is 20.3 Å². The predicted octanol–water partition coefficient (Wildman–Crippen LogP) is 3.75. The molecule has 0 fully saturated rings. The molecule has 0 aliphatic heterocycles. The second kappa shape index (κ2) is 11.2. The summed E-state index contributed by atoms with van der Waals surface area (Å²) in [4.78, 5) is 27.0. The Hall–Kier alpha value is -3.02. The fourth-order valence-electron chi connectivity index (χ4n) is 3.14. The van der Waals surface area contributed by atoms with Crippen LogP contribution in [-0.4, -0.2) is 43.0 Å². The minimum Gasteiger partial charge on any atom is -0.497 e. The standard InChI is InChI=1S/C24H32N2O4/c1-6-25-24(28)18(4)26(15-19-11-13-20(29-5)14-12-19)23(27)16-30-22-10-8-7-9-21(22)17(2)3/h7-14,17-18H,6,15-16H2,1-5H3,(H,25,28). The molecule has 162 valence electrons. The van der Waals surface area contributed by atoms with Gasteiger partial charge in [-0.25, -0.2) is 0 Å². The van der Waals surface area contributed by atoms with Gasteiger partial charge in [-0.15, -0.1) is 0 Å². The lowest BCUT2D eigenvalue weighted by molar-refractivity contribution is -0.142. The molecule has 2 amide bonds. The number of methoxy groups -OCH3 is 1. The van der Waals surface area contributed by atoms with Crippen molar-refractivity contribution in [1.29, 1.82) is 0 Å². The molecule has 0 bridgehead atoms. The highest BCUT2D eigenvalue weighted by atomic mass is 16.5. The smallest absolute Gasteiger partial charge is 0.261 e. The molecule has 2 rings (SSSR count). The number of hydrogen-bond donors (Lipinski definition) is 1. The summed E-state index contributed by atoms with van der Waals surface area (Å²) in [5, 5.41) is 2.79. The van der Waals surface area contributed by atoms with Crippen LogP contribution in [0.25, 0.3) is 0 Å². The van der Waals surface area contributed by atoms with E-state index in [0.717, 1.165) is 16.9 Å². The monoisotopic (exact) mass is 412 g/mol. The Labute approximate surface area is 179 Å². The van der Waals surface area contributed by atoms with E-state index >= 15 is 0 Å². The van der Waals surface area contributed by atoms with Crippen molar-refractivity contribution in [3.05, 3.63) is 59.7 Å². The van der Waals surface area contributed by atoms with Gasteiger partial charge in [0.05, 0.1) is 7.11 Å². The van der Waals surface area contributed by atoms with E-state index in [1.54, 1.807) is 18.9 Å². The minimum absolute atomic E-state index is 0.135. The lowest BCUT2D eigenvalue weighted by atomic mass is 10.0. The maximum absolute atomic E-state index is 13.1. The Morgan fingerprint density at radius 2 is 1.70 bits per heavy atom. The summed E-state index contributed by atoms with van der Waals surface area (Å²) < 4.78 is 11.1. The average Bonchev–Trinajstić information content (AvgIpc) is 2.76. The molecule has 1 atom stereocenters. The molecular formula is C24H32N2O4. The van der Waals surface area contributed by atoms with Gasteiger partial charge in [-0.05, 0) is 49.1 Å². The zero-order valence-corrected chi connectivity index (χ0v) is 18.5. The maximum atomic E-state index is 13.1. The first kappa shape index (κ1) is 23.3. The molecule has 0 saturated carbocycles. The number of carbonyl (C=O) groups excluding carboxylic acids is 2. The number of nitrogens with one attached hydrogen (secondary N) is 1. The zero-order valence-electron chi connectivity index (χ0n) is 18.5. The first-order valence-corrected chi connectivity index (χ1v) is 10.3. The molecule has 2 aromatic rings. The van der Waals surface area contributed by atoms with Crippen LogP contribution in [0.4, 0.5) is 0 Å². The summed E-state index contributed by atoms with van der Waals surface area (Å²) in [6, 6.07) is 14.5. The summed E-state index contributed by atoms with van der Waals surface area (Å²) in [5.41, 5.74) is 1.95. The molecule has 0 radical (unpaired) electrons. The van der Waals surface area contributed by atoms with Crippen molar-refractivity contribution in [2.24, 2.45) is 0 Å². The van der Waals surface area contributed by atoms with Crippen LogP contribution in [0.1, 0.15) is 44.7 Å². The fraction of sp³-hybridized carbons (Fsp3) is 0.417. The van der Waals surface area contributed by atoms with Crippen molar-refractivity contribution in [2.45, 2.75) is 46.2 Å². The summed E-state index contributed by atoms with van der Waals surface area (Å²) in [6.07, 6.45) is 0. The second-order valence-corrected chi connectivity index (χ2v) is 7.42. The zero-order chi connectivity index (χ0) is 22.1. The van der Waals surface area contributed by atoms with Crippen LogP contribution in [0.15, 0.2) is 48.5 Å². The molecule has 0 saturated heterocycles. The van der Waals surface area contributed by atoms with Crippen LogP contribution in [0.5, 0.6) is 11.5 Å². The first-order chi connectivity index (χ1) is 14.4. The van der Waals surface area contributed by atoms with Crippen molar-refractivity contribution >= 4 is 11.8 Å². The molecule has 2 aromatic carbocycles. The SMILES string of the molecule is CCNC(=O)C(C)N(Cc1ccc(OC)cc1)C(=O)COc1ccccc1C(C)C. The van der Waals surface area contributed by atoms with Crippen LogP contribution in [0.2, 0.25) is 0 Å². The van der Waals surface area contributed by atoms with E-state index in [-0.39, 0.29) is 24.3 Å². The Balaban J connectivity index is 2.17. The molecule has 1 unspecified atom stereocenters. The Morgan fingerprint density at radius 1 is 1.03 bits per heavy atom. The van der Waals surface area contributed by atoms with Gasteiger partial charge in [-0.3, -0.25) is 9.59 Å². The van der Waals surface area contributed by atoms with Crippen molar-refractivity contribution < 1.29 is 19.1 Å². The Kier molecular flexibility index (Phi) is 8.71. The normalized spacial score (nSPS) is 11.7. The maximum Gasteiger partial charge on any atom is 0.261 e. The summed E-state index contributed by atoms with van der Waals surface area (Å²) in [6.45, 7) is 8.42. The molecule has 6 nitrogen and oxygen atoms in total. The van der Waals surface area contributed by atoms with Crippen LogP contribution >= 0.6 is 0 Å². The number of para-hydroxylation sites is 1. The number of ether oxygens (including phenoxy) is 2. The van der Waals surface area contributed by atoms with E-state index in [0.29, 0.717) is 18.8 Å². The Morgan fingerprint density at radius 3 is 2.30 bits per heavy atom. The molecule has 1 N–H and O–H groups in total. The number of likely N-dealkylation sites (N-methyl/N-ethyl adjacent to an activating group) is 1. The van der Waals surface area contributed by atoms with Gasteiger partial charge in [0.1, 0.15) is 17.5 Å². The molecule has 0 aromatic heterocycles. The van der Waals surface area contributed by atoms with Crippen molar-refractivity contribution in [3.8, 4) is 11.5 Å². The first-order valence-electron chi connectivity index (χ1n) is 10.3. The fourth-order valence-corrected chi connectivity index (χ4v) is 3.14. The van der Waals surface area contributed by atoms with Gasteiger partial charge in [-0.1, -0.05) is 44.2 Å². The quantitative estimate of drug-likeness (QED) is 0.645. The van der Waals surface area contributed by atoms with Gasteiger partial charge in [0, 0.05) is 13.1 Å². The number of hydrogen-bond acceptors (Lipinski definition) is 4. The minimum atomic E-state index is -0.622.